The zero-order valence-corrected chi connectivity index (χ0v) is 31.0. The van der Waals surface area contributed by atoms with Crippen LogP contribution in [0, 0.1) is 71.0 Å². The monoisotopic (exact) mass is 639 g/mol. The summed E-state index contributed by atoms with van der Waals surface area (Å²) in [6, 6.07) is 0. The van der Waals surface area contributed by atoms with Gasteiger partial charge in [-0.2, -0.15) is 0 Å². The van der Waals surface area contributed by atoms with E-state index in [0.29, 0.717) is 55.3 Å². The summed E-state index contributed by atoms with van der Waals surface area (Å²) in [5.41, 5.74) is 0. The lowest BCUT2D eigenvalue weighted by Gasteiger charge is -2.42. The number of aliphatic hydroxyl groups is 2. The van der Waals surface area contributed by atoms with Gasteiger partial charge in [-0.15, -0.1) is 0 Å². The van der Waals surface area contributed by atoms with Crippen molar-refractivity contribution < 1.29 is 29.2 Å². The average Bonchev–Trinajstić information content (AvgIpc) is 3.47. The maximum absolute atomic E-state index is 9.40. The van der Waals surface area contributed by atoms with Crippen LogP contribution in [0.15, 0.2) is 0 Å². The third-order valence-electron chi connectivity index (χ3n) is 12.1. The van der Waals surface area contributed by atoms with Crippen LogP contribution in [-0.2, 0) is 18.9 Å². The Morgan fingerprint density at radius 3 is 1.40 bits per heavy atom. The second kappa shape index (κ2) is 19.1. The molecule has 11 unspecified atom stereocenters. The standard InChI is InChI=1S/2C14H26O3.C11H22/c1-9(2)12-5-4-10(3)6-13(12)14-16-7-11(15)8-17-14;1-9(2)12-5-4-10(3)6-13(12)14-16-8-11(7-15)17-14;1-8(2)11-6-5-9(3)7-10(11)4/h2*9-15H,4-8H2,1-3H3;8-11H,5-7H2,1-4H3. The number of hydrogen-bond donors (Lipinski definition) is 2. The van der Waals surface area contributed by atoms with Gasteiger partial charge < -0.3 is 29.2 Å². The molecule has 0 radical (unpaired) electrons. The van der Waals surface area contributed by atoms with E-state index in [1.807, 2.05) is 0 Å². The van der Waals surface area contributed by atoms with E-state index < -0.39 is 6.10 Å². The SMILES string of the molecule is CC1CCC(C(C)C)C(C)C1.CC1CCC(C(C)C)C(C2OCC(CO)O2)C1.CC1CCC(C(C)C)C(C2OCC(O)CO2)C1. The van der Waals surface area contributed by atoms with Gasteiger partial charge in [0, 0.05) is 11.8 Å². The summed E-state index contributed by atoms with van der Waals surface area (Å²) in [6.07, 6.45) is 11.3. The molecule has 0 amide bonds. The smallest absolute Gasteiger partial charge is 0.161 e. The van der Waals surface area contributed by atoms with E-state index in [1.54, 1.807) is 0 Å². The zero-order chi connectivity index (χ0) is 33.3. The summed E-state index contributed by atoms with van der Waals surface area (Å²) >= 11 is 0. The number of hydrogen-bond acceptors (Lipinski definition) is 6. The van der Waals surface area contributed by atoms with Crippen LogP contribution in [0.5, 0.6) is 0 Å². The van der Waals surface area contributed by atoms with Crippen LogP contribution in [0.3, 0.4) is 0 Å². The molecule has 266 valence electrons. The predicted molar refractivity (Wildman–Crippen MR) is 184 cm³/mol. The predicted octanol–water partition coefficient (Wildman–Crippen LogP) is 8.57. The summed E-state index contributed by atoms with van der Waals surface area (Å²) in [5.74, 6) is 9.20. The second-order valence-corrected chi connectivity index (χ2v) is 17.1. The van der Waals surface area contributed by atoms with E-state index in [9.17, 15) is 5.11 Å². The largest absolute Gasteiger partial charge is 0.394 e. The van der Waals surface area contributed by atoms with E-state index in [2.05, 4.69) is 69.2 Å². The van der Waals surface area contributed by atoms with Gasteiger partial charge in [0.25, 0.3) is 0 Å². The molecule has 0 bridgehead atoms. The van der Waals surface area contributed by atoms with Crippen LogP contribution in [0.25, 0.3) is 0 Å². The average molecular weight is 639 g/mol. The maximum Gasteiger partial charge on any atom is 0.161 e. The van der Waals surface area contributed by atoms with Gasteiger partial charge in [0.15, 0.2) is 12.6 Å². The van der Waals surface area contributed by atoms with Crippen molar-refractivity contribution in [2.24, 2.45) is 71.0 Å². The van der Waals surface area contributed by atoms with Gasteiger partial charge in [0.2, 0.25) is 0 Å². The third-order valence-corrected chi connectivity index (χ3v) is 12.1. The fraction of sp³-hybridized carbons (Fsp3) is 1.00. The van der Waals surface area contributed by atoms with Crippen molar-refractivity contribution in [1.82, 2.24) is 0 Å². The van der Waals surface area contributed by atoms with Gasteiger partial charge in [-0.1, -0.05) is 88.5 Å². The van der Waals surface area contributed by atoms with Crippen molar-refractivity contribution in [2.75, 3.05) is 26.4 Å². The zero-order valence-electron chi connectivity index (χ0n) is 31.0. The molecule has 5 fully saturated rings. The molecule has 5 rings (SSSR count). The van der Waals surface area contributed by atoms with Crippen molar-refractivity contribution in [3.63, 3.8) is 0 Å². The lowest BCUT2D eigenvalue weighted by molar-refractivity contribution is -0.251. The molecule has 2 N–H and O–H groups in total. The molecule has 3 aliphatic carbocycles. The quantitative estimate of drug-likeness (QED) is 0.304. The van der Waals surface area contributed by atoms with Gasteiger partial charge in [-0.05, 0) is 97.7 Å². The minimum absolute atomic E-state index is 0.0745. The lowest BCUT2D eigenvalue weighted by atomic mass is 9.69. The Balaban J connectivity index is 0.000000189. The molecule has 0 aromatic rings. The molecule has 45 heavy (non-hydrogen) atoms. The number of ether oxygens (including phenoxy) is 4. The highest BCUT2D eigenvalue weighted by atomic mass is 16.7. The van der Waals surface area contributed by atoms with Crippen molar-refractivity contribution in [1.29, 1.82) is 0 Å². The molecule has 2 saturated heterocycles. The molecular formula is C39H74O6. The Kier molecular flexibility index (Phi) is 16.6. The highest BCUT2D eigenvalue weighted by molar-refractivity contribution is 4.86. The Bertz CT molecular complexity index is 764. The van der Waals surface area contributed by atoms with Crippen molar-refractivity contribution in [3.8, 4) is 0 Å². The lowest BCUT2D eigenvalue weighted by Crippen LogP contribution is -2.44. The first-order chi connectivity index (χ1) is 21.3. The topological polar surface area (TPSA) is 77.4 Å². The Labute approximate surface area is 278 Å². The van der Waals surface area contributed by atoms with Crippen LogP contribution >= 0.6 is 0 Å². The van der Waals surface area contributed by atoms with E-state index in [1.165, 1.54) is 57.8 Å². The molecule has 0 aromatic heterocycles. The van der Waals surface area contributed by atoms with E-state index in [4.69, 9.17) is 24.1 Å². The maximum atomic E-state index is 9.40. The van der Waals surface area contributed by atoms with Gasteiger partial charge in [0.1, 0.15) is 12.2 Å². The van der Waals surface area contributed by atoms with Crippen molar-refractivity contribution >= 4 is 0 Å². The fourth-order valence-electron chi connectivity index (χ4n) is 9.40. The molecule has 6 nitrogen and oxygen atoms in total. The Morgan fingerprint density at radius 1 is 0.556 bits per heavy atom. The third kappa shape index (κ3) is 12.0. The molecule has 2 aliphatic heterocycles. The van der Waals surface area contributed by atoms with Crippen molar-refractivity contribution in [3.05, 3.63) is 0 Å². The summed E-state index contributed by atoms with van der Waals surface area (Å²) < 4.78 is 22.9. The number of rotatable bonds is 6. The highest BCUT2D eigenvalue weighted by Gasteiger charge is 2.41. The summed E-state index contributed by atoms with van der Waals surface area (Å²) in [7, 11) is 0. The summed E-state index contributed by atoms with van der Waals surface area (Å²) in [5, 5.41) is 18.5. The van der Waals surface area contributed by atoms with E-state index in [-0.39, 0.29) is 25.3 Å². The molecule has 3 saturated carbocycles. The molecule has 11 atom stereocenters. The second-order valence-electron chi connectivity index (χ2n) is 17.1. The molecule has 5 aliphatic rings. The van der Waals surface area contributed by atoms with Crippen LogP contribution in [-0.4, -0.2) is 61.4 Å². The van der Waals surface area contributed by atoms with Crippen LogP contribution < -0.4 is 0 Å². The van der Waals surface area contributed by atoms with Crippen LogP contribution in [0.2, 0.25) is 0 Å². The van der Waals surface area contributed by atoms with Gasteiger partial charge in [-0.25, -0.2) is 0 Å². The molecule has 2 heterocycles. The summed E-state index contributed by atoms with van der Waals surface area (Å²) in [6.45, 7) is 24.9. The molecule has 6 heteroatoms. The Hall–Kier alpha value is -0.240. The van der Waals surface area contributed by atoms with Gasteiger partial charge >= 0.3 is 0 Å². The van der Waals surface area contributed by atoms with Crippen LogP contribution in [0.4, 0.5) is 0 Å². The molecular weight excluding hydrogens is 564 g/mol. The first-order valence-corrected chi connectivity index (χ1v) is 19.1. The summed E-state index contributed by atoms with van der Waals surface area (Å²) in [4.78, 5) is 0. The van der Waals surface area contributed by atoms with Gasteiger partial charge in [-0.3, -0.25) is 0 Å². The van der Waals surface area contributed by atoms with E-state index in [0.717, 1.165) is 35.5 Å². The fourth-order valence-corrected chi connectivity index (χ4v) is 9.40. The highest BCUT2D eigenvalue weighted by Crippen LogP contribution is 2.43. The first kappa shape index (κ1) is 39.2. The number of aliphatic hydroxyl groups excluding tert-OH is 2. The first-order valence-electron chi connectivity index (χ1n) is 19.1. The minimum Gasteiger partial charge on any atom is -0.394 e. The Morgan fingerprint density at radius 2 is 0.978 bits per heavy atom. The minimum atomic E-state index is -0.440. The van der Waals surface area contributed by atoms with Crippen LogP contribution in [0.1, 0.15) is 127 Å². The van der Waals surface area contributed by atoms with Crippen molar-refractivity contribution in [2.45, 2.75) is 152 Å². The molecule has 0 spiro atoms. The van der Waals surface area contributed by atoms with Gasteiger partial charge in [0.05, 0.1) is 26.4 Å². The normalized spacial score (nSPS) is 42.6. The molecule has 0 aromatic carbocycles. The van der Waals surface area contributed by atoms with E-state index >= 15 is 0 Å².